The molecule has 2 aromatic carbocycles. The van der Waals surface area contributed by atoms with Crippen molar-refractivity contribution in [3.63, 3.8) is 0 Å². The van der Waals surface area contributed by atoms with Crippen LogP contribution >= 0.6 is 0 Å². The second kappa shape index (κ2) is 19.1. The lowest BCUT2D eigenvalue weighted by Crippen LogP contribution is -2.39. The van der Waals surface area contributed by atoms with Gasteiger partial charge in [-0.25, -0.2) is 35.3 Å². The molecule has 2 saturated heterocycles. The maximum Gasteiger partial charge on any atom is 0.272 e. The van der Waals surface area contributed by atoms with Crippen LogP contribution < -0.4 is 9.47 Å². The number of likely N-dealkylation sites (tertiary alicyclic amines) is 2. The van der Waals surface area contributed by atoms with Gasteiger partial charge in [-0.2, -0.15) is 0 Å². The van der Waals surface area contributed by atoms with Crippen LogP contribution in [0.1, 0.15) is 77.8 Å². The zero-order chi connectivity index (χ0) is 43.0. The SMILES string of the molecule is COc1ccc(-n2c(CCCC(C)=O)nc3cc(C(=O)N4CCC(F)CC4)cnc32)cc1.[C-]#[N+]Cc1nc2cc(C(=O)N3CCC(F)CC3)cnc2n1-c1ccc(OC)cc1. The fourth-order valence-electron chi connectivity index (χ4n) is 7.57. The summed E-state index contributed by atoms with van der Waals surface area (Å²) in [6.45, 7) is 10.5. The van der Waals surface area contributed by atoms with Gasteiger partial charge >= 0.3 is 0 Å². The molecule has 4 aromatic heterocycles. The topological polar surface area (TPSA) is 142 Å². The number of methoxy groups -OCH3 is 2. The number of ether oxygens (including phenoxy) is 2. The number of aryl methyl sites for hydroxylation is 1. The Kier molecular flexibility index (Phi) is 13.3. The van der Waals surface area contributed by atoms with Gasteiger partial charge in [0.25, 0.3) is 18.4 Å². The molecule has 316 valence electrons. The van der Waals surface area contributed by atoms with Crippen LogP contribution in [0.4, 0.5) is 8.78 Å². The number of amides is 2. The number of Topliss-reactive ketones (excluding diaryl/α,β-unsaturated/α-hetero) is 1. The zero-order valence-corrected chi connectivity index (χ0v) is 34.4. The molecule has 16 heteroatoms. The number of hydrogen-bond donors (Lipinski definition) is 0. The molecule has 61 heavy (non-hydrogen) atoms. The van der Waals surface area contributed by atoms with Gasteiger partial charge in [-0.15, -0.1) is 0 Å². The highest BCUT2D eigenvalue weighted by Crippen LogP contribution is 2.27. The number of fused-ring (bicyclic) bond motifs is 2. The molecular formula is C45H47F2N9O5. The average molecular weight is 832 g/mol. The standard InChI is InChI=1S/C24H27FN4O3.C21H20FN5O2/c1-16(30)4-3-5-22-27-21-14-17(24(31)28-12-10-18(25)11-13-28)15-26-23(21)29(22)19-6-8-20(32-2)9-7-19;1-23-13-19-25-18-11-14(21(28)26-9-7-15(22)8-10-26)12-24-20(18)27(19)16-3-5-17(29-2)6-4-16/h6-9,14-15,18H,3-5,10-13H2,1-2H3;3-6,11-12,15H,7-10,13H2,2H3. The van der Waals surface area contributed by atoms with Crippen LogP contribution in [0, 0.1) is 6.57 Å². The average Bonchev–Trinajstić information content (AvgIpc) is 3.83. The first kappa shape index (κ1) is 42.4. The van der Waals surface area contributed by atoms with Gasteiger partial charge in [-0.05, 0) is 99.7 Å². The third-order valence-electron chi connectivity index (χ3n) is 10.9. The number of imidazole rings is 2. The summed E-state index contributed by atoms with van der Waals surface area (Å²) in [6.07, 6.45) is 4.64. The molecule has 0 aliphatic carbocycles. The largest absolute Gasteiger partial charge is 0.497 e. The van der Waals surface area contributed by atoms with E-state index >= 15 is 0 Å². The lowest BCUT2D eigenvalue weighted by Gasteiger charge is -2.28. The molecule has 6 heterocycles. The van der Waals surface area contributed by atoms with E-state index in [-0.39, 0.29) is 24.1 Å². The molecular weight excluding hydrogens is 785 g/mol. The molecule has 2 fully saturated rings. The van der Waals surface area contributed by atoms with Crippen molar-refractivity contribution in [1.29, 1.82) is 0 Å². The molecule has 0 N–H and O–H groups in total. The van der Waals surface area contributed by atoms with E-state index in [4.69, 9.17) is 21.0 Å². The van der Waals surface area contributed by atoms with Crippen LogP contribution in [-0.4, -0.2) is 109 Å². The van der Waals surface area contributed by atoms with Gasteiger partial charge in [-0.3, -0.25) is 18.7 Å². The first-order chi connectivity index (χ1) is 29.6. The van der Waals surface area contributed by atoms with Crippen molar-refractivity contribution in [1.82, 2.24) is 38.9 Å². The van der Waals surface area contributed by atoms with Crippen LogP contribution in [-0.2, 0) is 17.8 Å². The maximum absolute atomic E-state index is 13.4. The summed E-state index contributed by atoms with van der Waals surface area (Å²) < 4.78 is 41.0. The fourth-order valence-corrected chi connectivity index (χ4v) is 7.57. The van der Waals surface area contributed by atoms with E-state index in [0.29, 0.717) is 110 Å². The van der Waals surface area contributed by atoms with Crippen molar-refractivity contribution in [2.45, 2.75) is 70.8 Å². The number of alkyl halides is 2. The van der Waals surface area contributed by atoms with Gasteiger partial charge in [0.2, 0.25) is 0 Å². The quantitative estimate of drug-likeness (QED) is 0.123. The molecule has 0 bridgehead atoms. The Balaban J connectivity index is 0.000000185. The molecule has 2 aliphatic rings. The molecule has 0 atom stereocenters. The van der Waals surface area contributed by atoms with Crippen LogP contribution in [0.25, 0.3) is 38.5 Å². The Morgan fingerprint density at radius 1 is 0.705 bits per heavy atom. The first-order valence-corrected chi connectivity index (χ1v) is 20.3. The van der Waals surface area contributed by atoms with Gasteiger partial charge in [-0.1, -0.05) is 0 Å². The van der Waals surface area contributed by atoms with Gasteiger partial charge in [0.1, 0.15) is 46.5 Å². The Bertz CT molecular complexity index is 2550. The van der Waals surface area contributed by atoms with Crippen molar-refractivity contribution in [3.8, 4) is 22.9 Å². The minimum atomic E-state index is -0.837. The van der Waals surface area contributed by atoms with Gasteiger partial charge in [0, 0.05) is 62.8 Å². The number of hydrogen-bond acceptors (Lipinski definition) is 9. The van der Waals surface area contributed by atoms with Gasteiger partial charge < -0.3 is 28.9 Å². The molecule has 2 amide bonds. The molecule has 2 aliphatic heterocycles. The summed E-state index contributed by atoms with van der Waals surface area (Å²) in [4.78, 5) is 62.2. The molecule has 0 saturated carbocycles. The van der Waals surface area contributed by atoms with Crippen molar-refractivity contribution < 1.29 is 32.6 Å². The minimum absolute atomic E-state index is 0.0929. The van der Waals surface area contributed by atoms with E-state index in [1.54, 1.807) is 49.3 Å². The fraction of sp³-hybridized carbons (Fsp3) is 0.378. The summed E-state index contributed by atoms with van der Waals surface area (Å²) in [5.74, 6) is 2.62. The number of piperidine rings is 2. The number of aromatic nitrogens is 6. The number of halogens is 2. The molecule has 6 aromatic rings. The number of ketones is 1. The summed E-state index contributed by atoms with van der Waals surface area (Å²) in [5, 5.41) is 0. The number of benzene rings is 2. The van der Waals surface area contributed by atoms with Gasteiger partial charge in [0.15, 0.2) is 17.1 Å². The lowest BCUT2D eigenvalue weighted by molar-refractivity contribution is -0.117. The minimum Gasteiger partial charge on any atom is -0.497 e. The summed E-state index contributed by atoms with van der Waals surface area (Å²) >= 11 is 0. The van der Waals surface area contributed by atoms with E-state index in [1.807, 2.05) is 57.7 Å². The van der Waals surface area contributed by atoms with Crippen LogP contribution in [0.5, 0.6) is 11.5 Å². The van der Waals surface area contributed by atoms with Crippen molar-refractivity contribution >= 4 is 39.9 Å². The lowest BCUT2D eigenvalue weighted by atomic mass is 10.1. The van der Waals surface area contributed by atoms with Gasteiger partial charge in [0.05, 0.1) is 25.3 Å². The van der Waals surface area contributed by atoms with Crippen LogP contribution in [0.2, 0.25) is 0 Å². The highest BCUT2D eigenvalue weighted by atomic mass is 19.1. The molecule has 0 radical (unpaired) electrons. The summed E-state index contributed by atoms with van der Waals surface area (Å²) in [5.41, 5.74) is 4.94. The Morgan fingerprint density at radius 3 is 1.54 bits per heavy atom. The third-order valence-corrected chi connectivity index (χ3v) is 10.9. The summed E-state index contributed by atoms with van der Waals surface area (Å²) in [7, 11) is 3.22. The number of carbonyl (C=O) groups is 3. The predicted octanol–water partition coefficient (Wildman–Crippen LogP) is 7.34. The number of pyridine rings is 2. The second-order valence-corrected chi connectivity index (χ2v) is 15.1. The highest BCUT2D eigenvalue weighted by molar-refractivity contribution is 5.97. The zero-order valence-electron chi connectivity index (χ0n) is 34.4. The van der Waals surface area contributed by atoms with Crippen molar-refractivity contribution in [2.24, 2.45) is 0 Å². The van der Waals surface area contributed by atoms with E-state index in [0.717, 1.165) is 28.7 Å². The smallest absolute Gasteiger partial charge is 0.272 e. The molecule has 14 nitrogen and oxygen atoms in total. The molecule has 8 rings (SSSR count). The molecule has 0 spiro atoms. The van der Waals surface area contributed by atoms with E-state index in [9.17, 15) is 23.2 Å². The van der Waals surface area contributed by atoms with Crippen LogP contribution in [0.15, 0.2) is 73.1 Å². The maximum atomic E-state index is 13.4. The Morgan fingerprint density at radius 2 is 1.13 bits per heavy atom. The second-order valence-electron chi connectivity index (χ2n) is 15.1. The third kappa shape index (κ3) is 9.67. The number of rotatable bonds is 11. The normalized spacial score (nSPS) is 14.7. The number of carbonyl (C=O) groups excluding carboxylic acids is 3. The van der Waals surface area contributed by atoms with E-state index in [1.165, 1.54) is 6.20 Å². The van der Waals surface area contributed by atoms with E-state index in [2.05, 4.69) is 19.8 Å². The Hall–Kier alpha value is -6.76. The highest BCUT2D eigenvalue weighted by Gasteiger charge is 2.26. The van der Waals surface area contributed by atoms with Crippen LogP contribution in [0.3, 0.4) is 0 Å². The molecule has 0 unspecified atom stereocenters. The van der Waals surface area contributed by atoms with Crippen molar-refractivity contribution in [3.05, 3.63) is 107 Å². The van der Waals surface area contributed by atoms with E-state index < -0.39 is 12.3 Å². The Labute approximate surface area is 352 Å². The monoisotopic (exact) mass is 831 g/mol. The summed E-state index contributed by atoms with van der Waals surface area (Å²) in [6, 6.07) is 18.4. The predicted molar refractivity (Wildman–Crippen MR) is 225 cm³/mol. The first-order valence-electron chi connectivity index (χ1n) is 20.3. The number of nitrogens with zero attached hydrogens (tertiary/aromatic N) is 9. The van der Waals surface area contributed by atoms with Crippen molar-refractivity contribution in [2.75, 3.05) is 40.4 Å².